The summed E-state index contributed by atoms with van der Waals surface area (Å²) >= 11 is 5.65. The van der Waals surface area contributed by atoms with E-state index in [0.29, 0.717) is 5.02 Å². The van der Waals surface area contributed by atoms with Crippen LogP contribution in [0, 0.1) is 5.82 Å². The fourth-order valence-electron chi connectivity index (χ4n) is 0.988. The van der Waals surface area contributed by atoms with Gasteiger partial charge in [-0.2, -0.15) is 0 Å². The lowest BCUT2D eigenvalue weighted by Gasteiger charge is -2.13. The summed E-state index contributed by atoms with van der Waals surface area (Å²) in [5.41, 5.74) is 0.266. The van der Waals surface area contributed by atoms with E-state index in [4.69, 9.17) is 16.7 Å². The van der Waals surface area contributed by atoms with Crippen LogP contribution in [-0.2, 0) is 6.54 Å². The van der Waals surface area contributed by atoms with E-state index in [1.165, 1.54) is 25.2 Å². The third kappa shape index (κ3) is 2.60. The van der Waals surface area contributed by atoms with Crippen molar-refractivity contribution in [3.63, 3.8) is 0 Å². The van der Waals surface area contributed by atoms with Gasteiger partial charge in [-0.05, 0) is 18.2 Å². The zero-order valence-corrected chi connectivity index (χ0v) is 8.25. The van der Waals surface area contributed by atoms with Crippen molar-refractivity contribution >= 4 is 17.7 Å². The molecule has 1 aromatic rings. The Kier molecular flexibility index (Phi) is 3.30. The lowest BCUT2D eigenvalue weighted by molar-refractivity contribution is 0.153. The van der Waals surface area contributed by atoms with Crippen molar-refractivity contribution in [2.24, 2.45) is 0 Å². The molecule has 0 spiro atoms. The molecule has 0 heterocycles. The Hall–Kier alpha value is -1.29. The molecule has 1 N–H and O–H groups in total. The average Bonchev–Trinajstić information content (AvgIpc) is 2.11. The SMILES string of the molecule is CN(Cc1cc(Cl)ccc1F)C(=O)O. The molecule has 0 fully saturated rings. The van der Waals surface area contributed by atoms with Gasteiger partial charge in [0.2, 0.25) is 0 Å². The molecule has 0 aromatic heterocycles. The van der Waals surface area contributed by atoms with E-state index in [-0.39, 0.29) is 12.1 Å². The molecular formula is C9H9ClFNO2. The topological polar surface area (TPSA) is 40.5 Å². The first-order chi connectivity index (χ1) is 6.50. The quantitative estimate of drug-likeness (QED) is 0.827. The lowest BCUT2D eigenvalue weighted by Crippen LogP contribution is -2.24. The number of hydrogen-bond donors (Lipinski definition) is 1. The Labute approximate surface area is 85.7 Å². The number of halogens is 2. The first-order valence-corrected chi connectivity index (χ1v) is 4.26. The number of carboxylic acid groups (broad SMARTS) is 1. The third-order valence-electron chi connectivity index (χ3n) is 1.74. The number of rotatable bonds is 2. The van der Waals surface area contributed by atoms with Crippen molar-refractivity contribution in [1.82, 2.24) is 4.90 Å². The summed E-state index contributed by atoms with van der Waals surface area (Å²) in [6, 6.07) is 4.05. The summed E-state index contributed by atoms with van der Waals surface area (Å²) in [5, 5.41) is 8.96. The molecule has 0 aliphatic rings. The summed E-state index contributed by atoms with van der Waals surface area (Å²) in [6.07, 6.45) is -1.11. The normalized spacial score (nSPS) is 9.93. The van der Waals surface area contributed by atoms with Crippen LogP contribution in [0.1, 0.15) is 5.56 Å². The number of benzene rings is 1. The largest absolute Gasteiger partial charge is 0.465 e. The second kappa shape index (κ2) is 4.28. The van der Waals surface area contributed by atoms with Gasteiger partial charge in [0.25, 0.3) is 0 Å². The number of amides is 1. The molecule has 0 radical (unpaired) electrons. The second-order valence-corrected chi connectivity index (χ2v) is 3.31. The molecule has 1 aromatic carbocycles. The van der Waals surface area contributed by atoms with Crippen LogP contribution in [-0.4, -0.2) is 23.1 Å². The van der Waals surface area contributed by atoms with Gasteiger partial charge in [0.15, 0.2) is 0 Å². The number of nitrogens with zero attached hydrogens (tertiary/aromatic N) is 1. The van der Waals surface area contributed by atoms with Gasteiger partial charge >= 0.3 is 6.09 Å². The molecule has 0 unspecified atom stereocenters. The maximum absolute atomic E-state index is 13.1. The molecule has 1 amide bonds. The summed E-state index contributed by atoms with van der Waals surface area (Å²) in [5.74, 6) is -0.456. The van der Waals surface area contributed by atoms with E-state index in [2.05, 4.69) is 0 Å². The van der Waals surface area contributed by atoms with E-state index in [0.717, 1.165) is 4.90 Å². The van der Waals surface area contributed by atoms with Crippen LogP contribution in [0.4, 0.5) is 9.18 Å². The van der Waals surface area contributed by atoms with Crippen LogP contribution in [0.15, 0.2) is 18.2 Å². The van der Waals surface area contributed by atoms with E-state index < -0.39 is 11.9 Å². The Morgan fingerprint density at radius 2 is 2.29 bits per heavy atom. The highest BCUT2D eigenvalue weighted by Crippen LogP contribution is 2.16. The lowest BCUT2D eigenvalue weighted by atomic mass is 10.2. The van der Waals surface area contributed by atoms with Gasteiger partial charge in [-0.1, -0.05) is 11.6 Å². The number of hydrogen-bond acceptors (Lipinski definition) is 1. The molecule has 76 valence electrons. The minimum atomic E-state index is -1.11. The highest BCUT2D eigenvalue weighted by atomic mass is 35.5. The van der Waals surface area contributed by atoms with Gasteiger partial charge < -0.3 is 10.0 Å². The minimum Gasteiger partial charge on any atom is -0.465 e. The Morgan fingerprint density at radius 1 is 1.64 bits per heavy atom. The average molecular weight is 218 g/mol. The summed E-state index contributed by atoms with van der Waals surface area (Å²) < 4.78 is 13.1. The van der Waals surface area contributed by atoms with Crippen LogP contribution in [0.5, 0.6) is 0 Å². The fraction of sp³-hybridized carbons (Fsp3) is 0.222. The predicted octanol–water partition coefficient (Wildman–Crippen LogP) is 2.59. The second-order valence-electron chi connectivity index (χ2n) is 2.87. The van der Waals surface area contributed by atoms with Gasteiger partial charge in [-0.3, -0.25) is 0 Å². The maximum atomic E-state index is 13.1. The molecular weight excluding hydrogens is 209 g/mol. The van der Waals surface area contributed by atoms with Crippen molar-refractivity contribution in [3.05, 3.63) is 34.6 Å². The maximum Gasteiger partial charge on any atom is 0.407 e. The van der Waals surface area contributed by atoms with Crippen LogP contribution in [0.3, 0.4) is 0 Å². The van der Waals surface area contributed by atoms with E-state index >= 15 is 0 Å². The minimum absolute atomic E-state index is 0.0122. The van der Waals surface area contributed by atoms with Crippen molar-refractivity contribution < 1.29 is 14.3 Å². The number of carbonyl (C=O) groups is 1. The van der Waals surface area contributed by atoms with E-state index in [1.54, 1.807) is 0 Å². The van der Waals surface area contributed by atoms with Crippen LogP contribution >= 0.6 is 11.6 Å². The molecule has 0 aliphatic heterocycles. The van der Waals surface area contributed by atoms with Crippen molar-refractivity contribution in [1.29, 1.82) is 0 Å². The molecule has 0 atom stereocenters. The molecule has 3 nitrogen and oxygen atoms in total. The Balaban J connectivity index is 2.85. The van der Waals surface area contributed by atoms with Crippen molar-refractivity contribution in [2.75, 3.05) is 7.05 Å². The van der Waals surface area contributed by atoms with E-state index in [1.807, 2.05) is 0 Å². The van der Waals surface area contributed by atoms with Gasteiger partial charge in [0.05, 0.1) is 6.54 Å². The standard InChI is InChI=1S/C9H9ClFNO2/c1-12(9(13)14)5-6-4-7(10)2-3-8(6)11/h2-4H,5H2,1H3,(H,13,14). The van der Waals surface area contributed by atoms with Gasteiger partial charge in [-0.25, -0.2) is 9.18 Å². The fourth-order valence-corrected chi connectivity index (χ4v) is 1.18. The smallest absolute Gasteiger partial charge is 0.407 e. The van der Waals surface area contributed by atoms with Crippen LogP contribution in [0.2, 0.25) is 5.02 Å². The molecule has 0 saturated carbocycles. The summed E-state index contributed by atoms with van der Waals surface area (Å²) in [4.78, 5) is 11.5. The molecule has 0 saturated heterocycles. The molecule has 5 heteroatoms. The van der Waals surface area contributed by atoms with Crippen molar-refractivity contribution in [2.45, 2.75) is 6.54 Å². The highest BCUT2D eigenvalue weighted by Gasteiger charge is 2.09. The highest BCUT2D eigenvalue weighted by molar-refractivity contribution is 6.30. The molecule has 14 heavy (non-hydrogen) atoms. The Bertz CT molecular complexity index is 357. The zero-order valence-electron chi connectivity index (χ0n) is 7.50. The monoisotopic (exact) mass is 217 g/mol. The third-order valence-corrected chi connectivity index (χ3v) is 1.98. The predicted molar refractivity (Wildman–Crippen MR) is 50.9 cm³/mol. The van der Waals surface area contributed by atoms with Crippen LogP contribution in [0.25, 0.3) is 0 Å². The Morgan fingerprint density at radius 3 is 2.86 bits per heavy atom. The van der Waals surface area contributed by atoms with Gasteiger partial charge in [-0.15, -0.1) is 0 Å². The van der Waals surface area contributed by atoms with Crippen molar-refractivity contribution in [3.8, 4) is 0 Å². The first kappa shape index (κ1) is 10.8. The summed E-state index contributed by atoms with van der Waals surface area (Å²) in [6.45, 7) is -0.0122. The first-order valence-electron chi connectivity index (χ1n) is 3.88. The van der Waals surface area contributed by atoms with Gasteiger partial charge in [0.1, 0.15) is 5.82 Å². The summed E-state index contributed by atoms with van der Waals surface area (Å²) in [7, 11) is 1.36. The molecule has 0 aliphatic carbocycles. The van der Waals surface area contributed by atoms with E-state index in [9.17, 15) is 9.18 Å². The zero-order chi connectivity index (χ0) is 10.7. The molecule has 1 rings (SSSR count). The van der Waals surface area contributed by atoms with Gasteiger partial charge in [0, 0.05) is 17.6 Å². The molecule has 0 bridgehead atoms. The van der Waals surface area contributed by atoms with Crippen LogP contribution < -0.4 is 0 Å².